The summed E-state index contributed by atoms with van der Waals surface area (Å²) in [7, 11) is 0. The Hall–Kier alpha value is -1.12. The van der Waals surface area contributed by atoms with Crippen LogP contribution < -0.4 is 5.73 Å². The summed E-state index contributed by atoms with van der Waals surface area (Å²) in [5, 5.41) is 0. The van der Waals surface area contributed by atoms with Crippen LogP contribution in [0.1, 0.15) is 28.3 Å². The fraction of sp³-hybridized carbons (Fsp3) is 0.250. The first-order valence-electron chi connectivity index (χ1n) is 6.14. The Labute approximate surface area is 117 Å². The van der Waals surface area contributed by atoms with Gasteiger partial charge in [0.2, 0.25) is 0 Å². The summed E-state index contributed by atoms with van der Waals surface area (Å²) in [4.78, 5) is 0. The molecule has 18 heavy (non-hydrogen) atoms. The Balaban J connectivity index is 2.25. The lowest BCUT2D eigenvalue weighted by Gasteiger charge is -2.16. The highest BCUT2D eigenvalue weighted by Crippen LogP contribution is 2.24. The first kappa shape index (κ1) is 13.3. The average molecular weight is 304 g/mol. The van der Waals surface area contributed by atoms with Gasteiger partial charge in [-0.25, -0.2) is 0 Å². The van der Waals surface area contributed by atoms with Crippen molar-refractivity contribution in [1.29, 1.82) is 0 Å². The van der Waals surface area contributed by atoms with E-state index in [1.165, 1.54) is 22.3 Å². The van der Waals surface area contributed by atoms with E-state index in [4.69, 9.17) is 5.73 Å². The van der Waals surface area contributed by atoms with Crippen LogP contribution in [0.3, 0.4) is 0 Å². The lowest BCUT2D eigenvalue weighted by molar-refractivity contribution is 0.714. The molecule has 94 valence electrons. The van der Waals surface area contributed by atoms with Crippen LogP contribution in [0.5, 0.6) is 0 Å². The first-order chi connectivity index (χ1) is 8.58. The van der Waals surface area contributed by atoms with E-state index < -0.39 is 0 Å². The van der Waals surface area contributed by atoms with E-state index in [2.05, 4.69) is 66.2 Å². The molecule has 0 radical (unpaired) electrons. The Bertz CT molecular complexity index is 549. The number of benzene rings is 2. The normalized spacial score (nSPS) is 12.4. The van der Waals surface area contributed by atoms with Gasteiger partial charge in [-0.05, 0) is 43.0 Å². The predicted molar refractivity (Wildman–Crippen MR) is 80.7 cm³/mol. The largest absolute Gasteiger partial charge is 0.324 e. The minimum atomic E-state index is 0.0450. The maximum absolute atomic E-state index is 6.34. The fourth-order valence-corrected chi connectivity index (χ4v) is 2.62. The van der Waals surface area contributed by atoms with Gasteiger partial charge < -0.3 is 5.73 Å². The third-order valence-electron chi connectivity index (χ3n) is 3.23. The maximum Gasteiger partial charge on any atom is 0.0338 e. The second-order valence-corrected chi connectivity index (χ2v) is 5.62. The van der Waals surface area contributed by atoms with Gasteiger partial charge in [0.1, 0.15) is 0 Å². The van der Waals surface area contributed by atoms with Gasteiger partial charge in [0.15, 0.2) is 0 Å². The standard InChI is InChI=1S/C16H18BrN/c1-11-7-8-12(2)14(9-11)16(18)10-13-5-3-4-6-15(13)17/h3-9,16H,10,18H2,1-2H3. The van der Waals surface area contributed by atoms with Crippen molar-refractivity contribution >= 4 is 15.9 Å². The molecule has 1 nitrogen and oxygen atoms in total. The van der Waals surface area contributed by atoms with Crippen molar-refractivity contribution in [2.24, 2.45) is 5.73 Å². The van der Waals surface area contributed by atoms with Crippen LogP contribution >= 0.6 is 15.9 Å². The lowest BCUT2D eigenvalue weighted by atomic mass is 9.95. The van der Waals surface area contributed by atoms with Crippen molar-refractivity contribution in [1.82, 2.24) is 0 Å². The van der Waals surface area contributed by atoms with Gasteiger partial charge in [-0.2, -0.15) is 0 Å². The maximum atomic E-state index is 6.34. The number of rotatable bonds is 3. The molecule has 2 aromatic rings. The Morgan fingerprint density at radius 1 is 1.11 bits per heavy atom. The molecular formula is C16H18BrN. The highest BCUT2D eigenvalue weighted by Gasteiger charge is 2.11. The molecule has 0 heterocycles. The predicted octanol–water partition coefficient (Wildman–Crippen LogP) is 4.31. The summed E-state index contributed by atoms with van der Waals surface area (Å²) in [5.74, 6) is 0. The van der Waals surface area contributed by atoms with Crippen molar-refractivity contribution in [2.45, 2.75) is 26.3 Å². The summed E-state index contributed by atoms with van der Waals surface area (Å²) in [6.45, 7) is 4.22. The molecule has 1 atom stereocenters. The molecule has 0 amide bonds. The van der Waals surface area contributed by atoms with Gasteiger partial charge in [-0.15, -0.1) is 0 Å². The summed E-state index contributed by atoms with van der Waals surface area (Å²) in [5.41, 5.74) is 11.4. The van der Waals surface area contributed by atoms with E-state index in [0.29, 0.717) is 0 Å². The molecule has 2 rings (SSSR count). The summed E-state index contributed by atoms with van der Waals surface area (Å²) >= 11 is 3.57. The van der Waals surface area contributed by atoms with Crippen molar-refractivity contribution < 1.29 is 0 Å². The minimum Gasteiger partial charge on any atom is -0.324 e. The Morgan fingerprint density at radius 2 is 1.83 bits per heavy atom. The van der Waals surface area contributed by atoms with Crippen molar-refractivity contribution in [2.75, 3.05) is 0 Å². The molecule has 0 fully saturated rings. The van der Waals surface area contributed by atoms with E-state index in [1.807, 2.05) is 6.07 Å². The number of hydrogen-bond donors (Lipinski definition) is 1. The van der Waals surface area contributed by atoms with Gasteiger partial charge in [0.25, 0.3) is 0 Å². The highest BCUT2D eigenvalue weighted by atomic mass is 79.9. The van der Waals surface area contributed by atoms with Crippen LogP contribution in [0.25, 0.3) is 0 Å². The second kappa shape index (κ2) is 5.68. The zero-order valence-electron chi connectivity index (χ0n) is 10.8. The number of aryl methyl sites for hydroxylation is 2. The highest BCUT2D eigenvalue weighted by molar-refractivity contribution is 9.10. The van der Waals surface area contributed by atoms with Gasteiger partial charge >= 0.3 is 0 Å². The summed E-state index contributed by atoms with van der Waals surface area (Å²) < 4.78 is 1.13. The van der Waals surface area contributed by atoms with Gasteiger partial charge in [-0.1, -0.05) is 57.9 Å². The minimum absolute atomic E-state index is 0.0450. The Kier molecular flexibility index (Phi) is 4.20. The quantitative estimate of drug-likeness (QED) is 0.898. The van der Waals surface area contributed by atoms with Gasteiger partial charge in [-0.3, -0.25) is 0 Å². The van der Waals surface area contributed by atoms with E-state index in [-0.39, 0.29) is 6.04 Å². The summed E-state index contributed by atoms with van der Waals surface area (Å²) in [6, 6.07) is 14.8. The van der Waals surface area contributed by atoms with E-state index in [0.717, 1.165) is 10.9 Å². The van der Waals surface area contributed by atoms with Crippen LogP contribution in [0.4, 0.5) is 0 Å². The molecule has 1 unspecified atom stereocenters. The molecular weight excluding hydrogens is 286 g/mol. The zero-order valence-corrected chi connectivity index (χ0v) is 12.4. The number of hydrogen-bond acceptors (Lipinski definition) is 1. The SMILES string of the molecule is Cc1ccc(C)c(C(N)Cc2ccccc2Br)c1. The molecule has 0 aliphatic rings. The van der Waals surface area contributed by atoms with E-state index in [9.17, 15) is 0 Å². The zero-order chi connectivity index (χ0) is 13.1. The molecule has 0 saturated carbocycles. The fourth-order valence-electron chi connectivity index (χ4n) is 2.17. The van der Waals surface area contributed by atoms with Crippen molar-refractivity contribution in [3.63, 3.8) is 0 Å². The van der Waals surface area contributed by atoms with E-state index >= 15 is 0 Å². The van der Waals surface area contributed by atoms with Gasteiger partial charge in [0, 0.05) is 10.5 Å². The smallest absolute Gasteiger partial charge is 0.0338 e. The third kappa shape index (κ3) is 3.01. The van der Waals surface area contributed by atoms with Crippen LogP contribution in [0, 0.1) is 13.8 Å². The lowest BCUT2D eigenvalue weighted by Crippen LogP contribution is -2.15. The topological polar surface area (TPSA) is 26.0 Å². The molecule has 0 saturated heterocycles. The van der Waals surface area contributed by atoms with Gasteiger partial charge in [0.05, 0.1) is 0 Å². The Morgan fingerprint density at radius 3 is 2.56 bits per heavy atom. The van der Waals surface area contributed by atoms with Crippen LogP contribution in [-0.2, 0) is 6.42 Å². The first-order valence-corrected chi connectivity index (χ1v) is 6.93. The van der Waals surface area contributed by atoms with Crippen molar-refractivity contribution in [3.05, 3.63) is 69.2 Å². The number of nitrogens with two attached hydrogens (primary N) is 1. The molecule has 0 aliphatic heterocycles. The molecule has 2 aromatic carbocycles. The molecule has 2 heteroatoms. The van der Waals surface area contributed by atoms with E-state index in [1.54, 1.807) is 0 Å². The van der Waals surface area contributed by atoms with Crippen LogP contribution in [0.15, 0.2) is 46.9 Å². The molecule has 0 aromatic heterocycles. The number of halogens is 1. The van der Waals surface area contributed by atoms with Crippen LogP contribution in [-0.4, -0.2) is 0 Å². The molecule has 0 spiro atoms. The van der Waals surface area contributed by atoms with Crippen molar-refractivity contribution in [3.8, 4) is 0 Å². The molecule has 0 bridgehead atoms. The monoisotopic (exact) mass is 303 g/mol. The summed E-state index contributed by atoms with van der Waals surface area (Å²) in [6.07, 6.45) is 0.853. The molecule has 2 N–H and O–H groups in total. The molecule has 0 aliphatic carbocycles. The van der Waals surface area contributed by atoms with Crippen LogP contribution in [0.2, 0.25) is 0 Å². The second-order valence-electron chi connectivity index (χ2n) is 4.76. The average Bonchev–Trinajstić information content (AvgIpc) is 2.35. The third-order valence-corrected chi connectivity index (χ3v) is 4.01.